The molecule has 0 aliphatic carbocycles. The lowest BCUT2D eigenvalue weighted by molar-refractivity contribution is 0.0212. The van der Waals surface area contributed by atoms with E-state index in [4.69, 9.17) is 4.74 Å². The molecular formula is C17H21FN2O2. The van der Waals surface area contributed by atoms with E-state index >= 15 is 0 Å². The fourth-order valence-electron chi connectivity index (χ4n) is 3.42. The van der Waals surface area contributed by atoms with Crippen LogP contribution in [0.1, 0.15) is 45.6 Å². The van der Waals surface area contributed by atoms with Crippen molar-refractivity contribution in [1.82, 2.24) is 9.88 Å². The number of carbonyl (C=O) groups is 1. The molecule has 5 heteroatoms. The maximum atomic E-state index is 14.6. The third-order valence-electron chi connectivity index (χ3n) is 4.35. The molecule has 3 heterocycles. The Morgan fingerprint density at radius 3 is 2.77 bits per heavy atom. The number of hydrogen-bond acceptors (Lipinski definition) is 3. The van der Waals surface area contributed by atoms with Gasteiger partial charge in [0, 0.05) is 18.3 Å². The third-order valence-corrected chi connectivity index (χ3v) is 4.35. The molecule has 0 saturated carbocycles. The average molecular weight is 304 g/mol. The van der Waals surface area contributed by atoms with Gasteiger partial charge in [0.25, 0.3) is 0 Å². The lowest BCUT2D eigenvalue weighted by Crippen LogP contribution is -2.41. The van der Waals surface area contributed by atoms with Crippen molar-refractivity contribution in [2.24, 2.45) is 0 Å². The van der Waals surface area contributed by atoms with Crippen LogP contribution in [-0.2, 0) is 4.74 Å². The monoisotopic (exact) mass is 304 g/mol. The van der Waals surface area contributed by atoms with E-state index in [9.17, 15) is 9.18 Å². The zero-order valence-electron chi connectivity index (χ0n) is 13.3. The molecule has 0 radical (unpaired) electrons. The summed E-state index contributed by atoms with van der Waals surface area (Å²) in [6.07, 6.45) is 3.72. The summed E-state index contributed by atoms with van der Waals surface area (Å²) in [5.41, 5.74) is 1.02. The van der Waals surface area contributed by atoms with Crippen LogP contribution in [0.2, 0.25) is 0 Å². The van der Waals surface area contributed by atoms with E-state index in [1.807, 2.05) is 32.9 Å². The Balaban J connectivity index is 1.90. The van der Waals surface area contributed by atoms with Crippen molar-refractivity contribution in [2.45, 2.75) is 57.7 Å². The SMILES string of the molecule is CC1=C(F)C2C(c3cccnc3)CC1N2C(=O)OC(C)(C)C. The Hall–Kier alpha value is -1.91. The van der Waals surface area contributed by atoms with Gasteiger partial charge in [-0.15, -0.1) is 0 Å². The van der Waals surface area contributed by atoms with E-state index in [1.54, 1.807) is 24.2 Å². The van der Waals surface area contributed by atoms with Crippen LogP contribution in [0, 0.1) is 0 Å². The first-order valence-electron chi connectivity index (χ1n) is 7.57. The molecule has 118 valence electrons. The van der Waals surface area contributed by atoms with Crippen LogP contribution in [0.4, 0.5) is 9.18 Å². The number of pyridine rings is 1. The molecule has 1 aromatic heterocycles. The minimum Gasteiger partial charge on any atom is -0.444 e. The topological polar surface area (TPSA) is 42.4 Å². The highest BCUT2D eigenvalue weighted by molar-refractivity contribution is 5.72. The summed E-state index contributed by atoms with van der Waals surface area (Å²) in [6.45, 7) is 7.21. The van der Waals surface area contributed by atoms with E-state index in [1.165, 1.54) is 0 Å². The molecular weight excluding hydrogens is 283 g/mol. The highest BCUT2D eigenvalue weighted by atomic mass is 19.1. The van der Waals surface area contributed by atoms with Crippen LogP contribution in [-0.4, -0.2) is 33.7 Å². The summed E-state index contributed by atoms with van der Waals surface area (Å²) in [5.74, 6) is -0.258. The zero-order valence-corrected chi connectivity index (χ0v) is 13.3. The molecule has 3 atom stereocenters. The van der Waals surface area contributed by atoms with Gasteiger partial charge in [-0.05, 0) is 51.3 Å². The van der Waals surface area contributed by atoms with Gasteiger partial charge in [-0.3, -0.25) is 9.88 Å². The molecule has 0 spiro atoms. The Bertz CT molecular complexity index is 621. The minimum absolute atomic E-state index is 0.0603. The van der Waals surface area contributed by atoms with Crippen LogP contribution >= 0.6 is 0 Å². The van der Waals surface area contributed by atoms with Crippen molar-refractivity contribution in [3.8, 4) is 0 Å². The molecule has 0 N–H and O–H groups in total. The summed E-state index contributed by atoms with van der Waals surface area (Å²) in [6, 6.07) is 3.00. The number of aromatic nitrogens is 1. The second kappa shape index (κ2) is 5.07. The molecule has 1 aromatic rings. The van der Waals surface area contributed by atoms with Crippen LogP contribution in [0.3, 0.4) is 0 Å². The van der Waals surface area contributed by atoms with Gasteiger partial charge in [-0.25, -0.2) is 9.18 Å². The van der Waals surface area contributed by atoms with Crippen molar-refractivity contribution in [1.29, 1.82) is 0 Å². The van der Waals surface area contributed by atoms with Gasteiger partial charge in [0.1, 0.15) is 11.4 Å². The van der Waals surface area contributed by atoms with Crippen LogP contribution < -0.4 is 0 Å². The summed E-state index contributed by atoms with van der Waals surface area (Å²) < 4.78 is 20.1. The van der Waals surface area contributed by atoms with E-state index in [-0.39, 0.29) is 17.8 Å². The van der Waals surface area contributed by atoms with Crippen molar-refractivity contribution in [2.75, 3.05) is 0 Å². The Morgan fingerprint density at radius 1 is 1.45 bits per heavy atom. The molecule has 2 aliphatic heterocycles. The lowest BCUT2D eigenvalue weighted by Gasteiger charge is -2.28. The largest absolute Gasteiger partial charge is 0.444 e. The molecule has 1 amide bonds. The first-order valence-corrected chi connectivity index (χ1v) is 7.57. The van der Waals surface area contributed by atoms with Gasteiger partial charge in [-0.2, -0.15) is 0 Å². The van der Waals surface area contributed by atoms with Gasteiger partial charge >= 0.3 is 6.09 Å². The van der Waals surface area contributed by atoms with Crippen molar-refractivity contribution in [3.63, 3.8) is 0 Å². The van der Waals surface area contributed by atoms with E-state index < -0.39 is 17.7 Å². The second-order valence-electron chi connectivity index (χ2n) is 7.01. The molecule has 2 bridgehead atoms. The number of hydrogen-bond donors (Lipinski definition) is 0. The van der Waals surface area contributed by atoms with Crippen molar-refractivity contribution < 1.29 is 13.9 Å². The molecule has 3 unspecified atom stereocenters. The highest BCUT2D eigenvalue weighted by Crippen LogP contribution is 2.50. The average Bonchev–Trinajstić information content (AvgIpc) is 2.94. The van der Waals surface area contributed by atoms with Gasteiger partial charge < -0.3 is 4.74 Å². The van der Waals surface area contributed by atoms with E-state index in [0.717, 1.165) is 12.0 Å². The number of halogens is 1. The summed E-state index contributed by atoms with van der Waals surface area (Å²) in [7, 11) is 0. The standard InChI is InChI=1S/C17H21FN2O2/c1-10-13-8-12(11-6-5-7-19-9-11)15(14(10)18)20(13)16(21)22-17(2,3)4/h5-7,9,12-13,15H,8H2,1-4H3. The molecule has 2 aliphatic rings. The van der Waals surface area contributed by atoms with Gasteiger partial charge in [0.2, 0.25) is 0 Å². The van der Waals surface area contributed by atoms with Crippen molar-refractivity contribution >= 4 is 6.09 Å². The predicted octanol–water partition coefficient (Wildman–Crippen LogP) is 3.80. The highest BCUT2D eigenvalue weighted by Gasteiger charge is 2.54. The Kier molecular flexibility index (Phi) is 3.46. The van der Waals surface area contributed by atoms with Crippen LogP contribution in [0.5, 0.6) is 0 Å². The number of rotatable bonds is 1. The van der Waals surface area contributed by atoms with Crippen molar-refractivity contribution in [3.05, 3.63) is 41.5 Å². The maximum absolute atomic E-state index is 14.6. The minimum atomic E-state index is -0.590. The van der Waals surface area contributed by atoms with E-state index in [2.05, 4.69) is 4.98 Å². The quantitative estimate of drug-likeness (QED) is 0.792. The molecule has 0 aromatic carbocycles. The Morgan fingerprint density at radius 2 is 2.18 bits per heavy atom. The molecule has 1 fully saturated rings. The molecule has 22 heavy (non-hydrogen) atoms. The fraction of sp³-hybridized carbons (Fsp3) is 0.529. The first-order chi connectivity index (χ1) is 10.3. The van der Waals surface area contributed by atoms with E-state index in [0.29, 0.717) is 5.57 Å². The second-order valence-corrected chi connectivity index (χ2v) is 7.01. The van der Waals surface area contributed by atoms with Gasteiger partial charge in [0.05, 0.1) is 12.1 Å². The summed E-state index contributed by atoms with van der Waals surface area (Å²) in [4.78, 5) is 18.2. The maximum Gasteiger partial charge on any atom is 0.411 e. The third kappa shape index (κ3) is 2.38. The zero-order chi connectivity index (χ0) is 16.1. The predicted molar refractivity (Wildman–Crippen MR) is 81.1 cm³/mol. The number of carbonyl (C=O) groups excluding carboxylic acids is 1. The van der Waals surface area contributed by atoms with Gasteiger partial charge in [-0.1, -0.05) is 6.07 Å². The Labute approximate surface area is 130 Å². The fourth-order valence-corrected chi connectivity index (χ4v) is 3.42. The number of fused-ring (bicyclic) bond motifs is 2. The molecule has 4 nitrogen and oxygen atoms in total. The van der Waals surface area contributed by atoms with Crippen LogP contribution in [0.25, 0.3) is 0 Å². The first kappa shape index (κ1) is 15.0. The number of ether oxygens (including phenoxy) is 1. The normalized spacial score (nSPS) is 27.5. The van der Waals surface area contributed by atoms with Gasteiger partial charge in [0.15, 0.2) is 0 Å². The smallest absolute Gasteiger partial charge is 0.411 e. The van der Waals surface area contributed by atoms with Crippen LogP contribution in [0.15, 0.2) is 35.9 Å². The number of amides is 1. The molecule has 3 rings (SSSR count). The molecule has 1 saturated heterocycles. The lowest BCUT2D eigenvalue weighted by atomic mass is 9.85. The number of nitrogens with zero attached hydrogens (tertiary/aromatic N) is 2. The summed E-state index contributed by atoms with van der Waals surface area (Å²) in [5, 5.41) is 0. The summed E-state index contributed by atoms with van der Waals surface area (Å²) >= 11 is 0.